The van der Waals surface area contributed by atoms with Crippen molar-refractivity contribution in [3.8, 4) is 11.5 Å². The van der Waals surface area contributed by atoms with Crippen molar-refractivity contribution in [2.45, 2.75) is 32.6 Å². The first-order chi connectivity index (χ1) is 19.3. The standard InChI is InChI=1S/C30H32N2O7S/c1-5-7-16-39-29(34)24-23(19-10-14-21(37-4)15-11-19)25(30(35)38-6-2)28-32(26(24)31)27(33)22(40-28)17-18-8-12-20(36-3)13-9-18/h8-15,17,23H,5-7,16,31H2,1-4H3/b22-17-/t23-/m0/s1. The summed E-state index contributed by atoms with van der Waals surface area (Å²) < 4.78 is 23.4. The second-order valence-corrected chi connectivity index (χ2v) is 9.99. The number of methoxy groups -OCH3 is 2. The highest BCUT2D eigenvalue weighted by Crippen LogP contribution is 2.38. The Labute approximate surface area is 235 Å². The number of unbranched alkanes of at least 4 members (excludes halogenated alkanes) is 1. The van der Waals surface area contributed by atoms with E-state index >= 15 is 0 Å². The minimum atomic E-state index is -0.925. The van der Waals surface area contributed by atoms with Gasteiger partial charge in [0.1, 0.15) is 22.0 Å². The molecule has 0 fully saturated rings. The maximum absolute atomic E-state index is 13.7. The van der Waals surface area contributed by atoms with Crippen LogP contribution in [0.4, 0.5) is 0 Å². The summed E-state index contributed by atoms with van der Waals surface area (Å²) in [6, 6.07) is 14.2. The number of thiazole rings is 1. The van der Waals surface area contributed by atoms with Crippen LogP contribution in [0.3, 0.4) is 0 Å². The van der Waals surface area contributed by atoms with Crippen LogP contribution in [0.1, 0.15) is 43.7 Å². The lowest BCUT2D eigenvalue weighted by Gasteiger charge is -2.27. The van der Waals surface area contributed by atoms with Crippen LogP contribution in [-0.2, 0) is 19.1 Å². The first kappa shape index (κ1) is 28.7. The number of aromatic nitrogens is 1. The van der Waals surface area contributed by atoms with Crippen molar-refractivity contribution in [3.05, 3.63) is 84.8 Å². The van der Waals surface area contributed by atoms with Gasteiger partial charge in [0.25, 0.3) is 5.56 Å². The second kappa shape index (κ2) is 12.7. The van der Waals surface area contributed by atoms with Gasteiger partial charge in [0.2, 0.25) is 0 Å². The Morgan fingerprint density at radius 1 is 0.925 bits per heavy atom. The van der Waals surface area contributed by atoms with Gasteiger partial charge in [0.05, 0.1) is 49.0 Å². The van der Waals surface area contributed by atoms with Crippen LogP contribution in [-0.4, -0.2) is 43.9 Å². The van der Waals surface area contributed by atoms with Gasteiger partial charge in [-0.25, -0.2) is 9.59 Å². The van der Waals surface area contributed by atoms with Gasteiger partial charge in [-0.05, 0) is 54.8 Å². The minimum absolute atomic E-state index is 0.00715. The number of nitrogens with zero attached hydrogens (tertiary/aromatic N) is 1. The Morgan fingerprint density at radius 3 is 2.10 bits per heavy atom. The maximum atomic E-state index is 13.7. The van der Waals surface area contributed by atoms with Crippen molar-refractivity contribution in [1.29, 1.82) is 0 Å². The molecule has 0 aliphatic carbocycles. The van der Waals surface area contributed by atoms with Crippen molar-refractivity contribution in [3.63, 3.8) is 0 Å². The zero-order valence-electron chi connectivity index (χ0n) is 22.9. The van der Waals surface area contributed by atoms with Crippen molar-refractivity contribution >= 4 is 40.7 Å². The van der Waals surface area contributed by atoms with Gasteiger partial charge < -0.3 is 24.7 Å². The third-order valence-corrected chi connectivity index (χ3v) is 7.57. The quantitative estimate of drug-likeness (QED) is 0.295. The van der Waals surface area contributed by atoms with Gasteiger partial charge in [-0.3, -0.25) is 9.36 Å². The van der Waals surface area contributed by atoms with E-state index < -0.39 is 23.4 Å². The largest absolute Gasteiger partial charge is 0.497 e. The second-order valence-electron chi connectivity index (χ2n) is 8.96. The topological polar surface area (TPSA) is 119 Å². The highest BCUT2D eigenvalue weighted by atomic mass is 32.1. The molecule has 1 aliphatic heterocycles. The van der Waals surface area contributed by atoms with Crippen molar-refractivity contribution in [1.82, 2.24) is 4.57 Å². The van der Waals surface area contributed by atoms with Gasteiger partial charge in [-0.2, -0.15) is 0 Å². The summed E-state index contributed by atoms with van der Waals surface area (Å²) in [6.45, 7) is 3.96. The molecule has 1 aromatic heterocycles. The SMILES string of the molecule is CCCCOC(=O)C1=C(N)n2c(s/c(=C\c3ccc(OC)cc3)c2=O)=C(C(=O)OCC)[C@H]1c1ccc(OC)cc1. The van der Waals surface area contributed by atoms with Crippen LogP contribution < -0.4 is 30.0 Å². The molecular weight excluding hydrogens is 532 g/mol. The Morgan fingerprint density at radius 2 is 1.52 bits per heavy atom. The number of esters is 2. The molecule has 210 valence electrons. The third-order valence-electron chi connectivity index (χ3n) is 6.46. The molecule has 2 aromatic carbocycles. The van der Waals surface area contributed by atoms with Crippen LogP contribution in [0.25, 0.3) is 17.5 Å². The number of rotatable bonds is 10. The predicted molar refractivity (Wildman–Crippen MR) is 153 cm³/mol. The molecule has 0 amide bonds. The van der Waals surface area contributed by atoms with Crippen molar-refractivity contribution in [2.24, 2.45) is 5.73 Å². The van der Waals surface area contributed by atoms with E-state index in [1.807, 2.05) is 19.1 Å². The van der Waals surface area contributed by atoms with Crippen LogP contribution in [0.5, 0.6) is 11.5 Å². The minimum Gasteiger partial charge on any atom is -0.497 e. The highest BCUT2D eigenvalue weighted by Gasteiger charge is 2.40. The van der Waals surface area contributed by atoms with Crippen LogP contribution in [0, 0.1) is 0 Å². The summed E-state index contributed by atoms with van der Waals surface area (Å²) >= 11 is 1.11. The van der Waals surface area contributed by atoms with E-state index in [-0.39, 0.29) is 30.2 Å². The Kier molecular flexibility index (Phi) is 9.11. The highest BCUT2D eigenvalue weighted by molar-refractivity contribution is 7.07. The fourth-order valence-corrected chi connectivity index (χ4v) is 5.59. The summed E-state index contributed by atoms with van der Waals surface area (Å²) in [5.41, 5.74) is 7.63. The van der Waals surface area contributed by atoms with Crippen LogP contribution >= 0.6 is 11.3 Å². The number of fused-ring (bicyclic) bond motifs is 1. The molecule has 1 aliphatic rings. The molecule has 2 heterocycles. The first-order valence-electron chi connectivity index (χ1n) is 12.9. The number of carbonyl (C=O) groups is 2. The number of ether oxygens (including phenoxy) is 4. The number of carbonyl (C=O) groups excluding carboxylic acids is 2. The number of benzene rings is 2. The molecule has 0 saturated heterocycles. The molecule has 2 N–H and O–H groups in total. The van der Waals surface area contributed by atoms with Gasteiger partial charge >= 0.3 is 11.9 Å². The molecular formula is C30H32N2O7S. The Bertz CT molecular complexity index is 1600. The summed E-state index contributed by atoms with van der Waals surface area (Å²) in [5, 5.41) is 0. The lowest BCUT2D eigenvalue weighted by molar-refractivity contribution is -0.139. The fraction of sp³-hybridized carbons (Fsp3) is 0.300. The van der Waals surface area contributed by atoms with E-state index in [9.17, 15) is 14.4 Å². The zero-order chi connectivity index (χ0) is 28.8. The molecule has 0 saturated carbocycles. The predicted octanol–water partition coefficient (Wildman–Crippen LogP) is 2.74. The van der Waals surface area contributed by atoms with Crippen molar-refractivity contribution in [2.75, 3.05) is 27.4 Å². The van der Waals surface area contributed by atoms with Gasteiger partial charge in [-0.15, -0.1) is 11.3 Å². The molecule has 0 radical (unpaired) electrons. The third kappa shape index (κ3) is 5.67. The van der Waals surface area contributed by atoms with E-state index in [2.05, 4.69) is 0 Å². The monoisotopic (exact) mass is 564 g/mol. The molecule has 1 atom stereocenters. The van der Waals surface area contributed by atoms with E-state index in [4.69, 9.17) is 24.7 Å². The molecule has 0 bridgehead atoms. The van der Waals surface area contributed by atoms with E-state index in [0.29, 0.717) is 32.7 Å². The Balaban J connectivity index is 2.02. The molecule has 4 rings (SSSR count). The lowest BCUT2D eigenvalue weighted by atomic mass is 9.83. The van der Waals surface area contributed by atoms with E-state index in [1.165, 1.54) is 4.57 Å². The van der Waals surface area contributed by atoms with E-state index in [1.54, 1.807) is 63.6 Å². The fourth-order valence-electron chi connectivity index (χ4n) is 4.42. The molecule has 0 spiro atoms. The number of nitrogens with two attached hydrogens (primary N) is 1. The molecule has 0 unspecified atom stereocenters. The van der Waals surface area contributed by atoms with E-state index in [0.717, 1.165) is 23.3 Å². The summed E-state index contributed by atoms with van der Waals surface area (Å²) in [4.78, 5) is 40.7. The van der Waals surface area contributed by atoms with Gasteiger partial charge in [0.15, 0.2) is 0 Å². The first-order valence-corrected chi connectivity index (χ1v) is 13.8. The molecule has 9 nitrogen and oxygen atoms in total. The summed E-state index contributed by atoms with van der Waals surface area (Å²) in [5.74, 6) is -1.07. The smallest absolute Gasteiger partial charge is 0.338 e. The van der Waals surface area contributed by atoms with Crippen LogP contribution in [0.2, 0.25) is 0 Å². The number of hydrogen-bond acceptors (Lipinski definition) is 9. The Hall–Kier alpha value is -4.31. The normalized spacial score (nSPS) is 15.1. The average molecular weight is 565 g/mol. The zero-order valence-corrected chi connectivity index (χ0v) is 23.7. The maximum Gasteiger partial charge on any atom is 0.338 e. The lowest BCUT2D eigenvalue weighted by Crippen LogP contribution is -2.42. The molecule has 3 aromatic rings. The summed E-state index contributed by atoms with van der Waals surface area (Å²) in [7, 11) is 3.12. The van der Waals surface area contributed by atoms with Gasteiger partial charge in [-0.1, -0.05) is 37.6 Å². The number of hydrogen-bond donors (Lipinski definition) is 1. The molecule has 40 heavy (non-hydrogen) atoms. The van der Waals surface area contributed by atoms with Gasteiger partial charge in [0, 0.05) is 0 Å². The average Bonchev–Trinajstić information content (AvgIpc) is 3.28. The van der Waals surface area contributed by atoms with Crippen molar-refractivity contribution < 1.29 is 28.5 Å². The molecule has 10 heteroatoms. The van der Waals surface area contributed by atoms with Crippen LogP contribution in [0.15, 0.2) is 58.9 Å². The summed E-state index contributed by atoms with van der Waals surface area (Å²) in [6.07, 6.45) is 3.18.